The number of hydrogen-bond acceptors (Lipinski definition) is 2. The third-order valence-electron chi connectivity index (χ3n) is 4.03. The van der Waals surface area contributed by atoms with E-state index in [0.717, 1.165) is 31.4 Å². The van der Waals surface area contributed by atoms with Crippen LogP contribution in [0.1, 0.15) is 29.6 Å². The first-order chi connectivity index (χ1) is 10.2. The Balaban J connectivity index is 1.90. The lowest BCUT2D eigenvalue weighted by atomic mass is 10.1. The number of carbonyl (C=O) groups excluding carboxylic acids is 1. The minimum Gasteiger partial charge on any atom is -0.478 e. The first kappa shape index (κ1) is 13.7. The van der Waals surface area contributed by atoms with Crippen molar-refractivity contribution in [3.05, 3.63) is 36.0 Å². The van der Waals surface area contributed by atoms with E-state index in [2.05, 4.69) is 0 Å². The van der Waals surface area contributed by atoms with Gasteiger partial charge >= 0.3 is 5.97 Å². The van der Waals surface area contributed by atoms with Crippen molar-refractivity contribution in [2.75, 3.05) is 13.1 Å². The molecule has 1 saturated heterocycles. The molecule has 1 aliphatic heterocycles. The van der Waals surface area contributed by atoms with Crippen LogP contribution >= 0.6 is 0 Å². The first-order valence-corrected chi connectivity index (χ1v) is 7.26. The summed E-state index contributed by atoms with van der Waals surface area (Å²) in [4.78, 5) is 25.5. The molecule has 0 unspecified atom stereocenters. The van der Waals surface area contributed by atoms with Crippen molar-refractivity contribution in [2.24, 2.45) is 0 Å². The van der Waals surface area contributed by atoms with Crippen molar-refractivity contribution >= 4 is 22.8 Å². The molecule has 1 N–H and O–H groups in total. The van der Waals surface area contributed by atoms with Crippen LogP contribution in [0.25, 0.3) is 10.9 Å². The number of aromatic carboxylic acids is 1. The quantitative estimate of drug-likeness (QED) is 0.942. The van der Waals surface area contributed by atoms with Gasteiger partial charge in [0.15, 0.2) is 0 Å². The molecule has 0 saturated carbocycles. The van der Waals surface area contributed by atoms with Gasteiger partial charge in [0.05, 0.1) is 5.56 Å². The summed E-state index contributed by atoms with van der Waals surface area (Å²) in [7, 11) is 0. The molecular weight excluding hydrogens is 268 g/mol. The molecule has 0 bridgehead atoms. The number of para-hydroxylation sites is 1. The lowest BCUT2D eigenvalue weighted by Gasteiger charge is -2.27. The Bertz CT molecular complexity index is 684. The fraction of sp³-hybridized carbons (Fsp3) is 0.375. The molecule has 5 heteroatoms. The molecule has 5 nitrogen and oxygen atoms in total. The van der Waals surface area contributed by atoms with Crippen LogP contribution in [-0.4, -0.2) is 39.5 Å². The maximum Gasteiger partial charge on any atom is 0.337 e. The van der Waals surface area contributed by atoms with Crippen LogP contribution in [0.4, 0.5) is 0 Å². The fourth-order valence-electron chi connectivity index (χ4n) is 2.94. The second-order valence-electron chi connectivity index (χ2n) is 5.43. The minimum atomic E-state index is -0.963. The average Bonchev–Trinajstić information content (AvgIpc) is 2.87. The zero-order valence-electron chi connectivity index (χ0n) is 11.8. The summed E-state index contributed by atoms with van der Waals surface area (Å²) in [5.74, 6) is -0.900. The van der Waals surface area contributed by atoms with Crippen LogP contribution in [0, 0.1) is 0 Å². The smallest absolute Gasteiger partial charge is 0.337 e. The van der Waals surface area contributed by atoms with E-state index in [1.165, 1.54) is 6.42 Å². The molecule has 0 spiro atoms. The molecule has 3 rings (SSSR count). The number of piperidine rings is 1. The van der Waals surface area contributed by atoms with Gasteiger partial charge in [-0.15, -0.1) is 0 Å². The molecule has 1 aromatic heterocycles. The van der Waals surface area contributed by atoms with Gasteiger partial charge in [-0.25, -0.2) is 4.79 Å². The van der Waals surface area contributed by atoms with Crippen molar-refractivity contribution in [3.8, 4) is 0 Å². The Hall–Kier alpha value is -2.30. The van der Waals surface area contributed by atoms with Crippen molar-refractivity contribution in [2.45, 2.75) is 25.8 Å². The van der Waals surface area contributed by atoms with Crippen molar-refractivity contribution in [1.82, 2.24) is 9.47 Å². The fourth-order valence-corrected chi connectivity index (χ4v) is 2.94. The van der Waals surface area contributed by atoms with E-state index in [1.54, 1.807) is 16.8 Å². The third-order valence-corrected chi connectivity index (χ3v) is 4.03. The summed E-state index contributed by atoms with van der Waals surface area (Å²) in [5, 5.41) is 9.95. The summed E-state index contributed by atoms with van der Waals surface area (Å²) in [6.45, 7) is 1.82. The standard InChI is InChI=1S/C16H18N2O3/c19-15(17-8-4-1-5-9-17)11-18-10-13(16(20)21)12-6-2-3-7-14(12)18/h2-3,6-7,10H,1,4-5,8-9,11H2,(H,20,21). The van der Waals surface area contributed by atoms with E-state index in [4.69, 9.17) is 0 Å². The largest absolute Gasteiger partial charge is 0.478 e. The van der Waals surface area contributed by atoms with E-state index in [9.17, 15) is 14.7 Å². The molecule has 1 aliphatic rings. The third kappa shape index (κ3) is 2.63. The highest BCUT2D eigenvalue weighted by atomic mass is 16.4. The van der Waals surface area contributed by atoms with Crippen LogP contribution < -0.4 is 0 Å². The zero-order valence-corrected chi connectivity index (χ0v) is 11.8. The highest BCUT2D eigenvalue weighted by Gasteiger charge is 2.19. The molecule has 21 heavy (non-hydrogen) atoms. The van der Waals surface area contributed by atoms with Crippen molar-refractivity contribution in [1.29, 1.82) is 0 Å². The number of benzene rings is 1. The van der Waals surface area contributed by atoms with Gasteiger partial charge < -0.3 is 14.6 Å². The molecule has 110 valence electrons. The zero-order chi connectivity index (χ0) is 14.8. The first-order valence-electron chi connectivity index (χ1n) is 7.26. The predicted molar refractivity (Wildman–Crippen MR) is 79.3 cm³/mol. The van der Waals surface area contributed by atoms with Gasteiger partial charge in [-0.2, -0.15) is 0 Å². The van der Waals surface area contributed by atoms with Crippen LogP contribution in [0.2, 0.25) is 0 Å². The summed E-state index contributed by atoms with van der Waals surface area (Å²) < 4.78 is 1.75. The normalized spacial score (nSPS) is 15.3. The number of hydrogen-bond donors (Lipinski definition) is 1. The van der Waals surface area contributed by atoms with E-state index in [0.29, 0.717) is 5.39 Å². The molecule has 0 aliphatic carbocycles. The SMILES string of the molecule is O=C(O)c1cn(CC(=O)N2CCCCC2)c2ccccc12. The van der Waals surface area contributed by atoms with Gasteiger partial charge in [0.2, 0.25) is 5.91 Å². The lowest BCUT2D eigenvalue weighted by Crippen LogP contribution is -2.37. The van der Waals surface area contributed by atoms with Gasteiger partial charge in [0.25, 0.3) is 0 Å². The van der Waals surface area contributed by atoms with E-state index >= 15 is 0 Å². The van der Waals surface area contributed by atoms with Gasteiger partial charge in [-0.3, -0.25) is 4.79 Å². The molecule has 1 fully saturated rings. The second kappa shape index (κ2) is 5.60. The Morgan fingerprint density at radius 1 is 1.10 bits per heavy atom. The Kier molecular flexibility index (Phi) is 3.64. The molecule has 2 aromatic rings. The summed E-state index contributed by atoms with van der Waals surface area (Å²) in [5.41, 5.74) is 1.04. The summed E-state index contributed by atoms with van der Waals surface area (Å²) in [6.07, 6.45) is 4.85. The highest BCUT2D eigenvalue weighted by Crippen LogP contribution is 2.21. The molecular formula is C16H18N2O3. The number of likely N-dealkylation sites (tertiary alicyclic amines) is 1. The average molecular weight is 286 g/mol. The lowest BCUT2D eigenvalue weighted by molar-refractivity contribution is -0.132. The number of rotatable bonds is 3. The predicted octanol–water partition coefficient (Wildman–Crippen LogP) is 2.35. The minimum absolute atomic E-state index is 0.0624. The molecule has 0 atom stereocenters. The number of aromatic nitrogens is 1. The summed E-state index contributed by atoms with van der Waals surface area (Å²) in [6, 6.07) is 7.30. The van der Waals surface area contributed by atoms with Gasteiger partial charge in [0.1, 0.15) is 6.54 Å². The maximum absolute atomic E-state index is 12.3. The van der Waals surface area contributed by atoms with E-state index in [-0.39, 0.29) is 18.0 Å². The van der Waals surface area contributed by atoms with Crippen molar-refractivity contribution < 1.29 is 14.7 Å². The molecule has 0 radical (unpaired) electrons. The Morgan fingerprint density at radius 2 is 1.81 bits per heavy atom. The Morgan fingerprint density at radius 3 is 2.52 bits per heavy atom. The monoisotopic (exact) mass is 286 g/mol. The highest BCUT2D eigenvalue weighted by molar-refractivity contribution is 6.03. The van der Waals surface area contributed by atoms with Crippen LogP contribution in [-0.2, 0) is 11.3 Å². The van der Waals surface area contributed by atoms with Gasteiger partial charge in [-0.1, -0.05) is 18.2 Å². The number of nitrogens with zero attached hydrogens (tertiary/aromatic N) is 2. The van der Waals surface area contributed by atoms with Crippen LogP contribution in [0.3, 0.4) is 0 Å². The maximum atomic E-state index is 12.3. The van der Waals surface area contributed by atoms with E-state index < -0.39 is 5.97 Å². The Labute approximate surface area is 122 Å². The topological polar surface area (TPSA) is 62.5 Å². The number of amides is 1. The number of carboxylic acids is 1. The van der Waals surface area contributed by atoms with Crippen LogP contribution in [0.5, 0.6) is 0 Å². The molecule has 1 aromatic carbocycles. The number of carboxylic acid groups (broad SMARTS) is 1. The van der Waals surface area contributed by atoms with Gasteiger partial charge in [0, 0.05) is 30.2 Å². The van der Waals surface area contributed by atoms with Crippen molar-refractivity contribution in [3.63, 3.8) is 0 Å². The number of fused-ring (bicyclic) bond motifs is 1. The molecule has 2 heterocycles. The summed E-state index contributed by atoms with van der Waals surface area (Å²) >= 11 is 0. The van der Waals surface area contributed by atoms with E-state index in [1.807, 2.05) is 23.1 Å². The second-order valence-corrected chi connectivity index (χ2v) is 5.43. The van der Waals surface area contributed by atoms with Gasteiger partial charge in [-0.05, 0) is 25.3 Å². The molecule has 1 amide bonds. The number of carbonyl (C=O) groups is 2. The van der Waals surface area contributed by atoms with Crippen LogP contribution in [0.15, 0.2) is 30.5 Å².